The van der Waals surface area contributed by atoms with E-state index in [1.165, 1.54) is 29.8 Å². The highest BCUT2D eigenvalue weighted by Gasteiger charge is 2.21. The molecule has 7 heteroatoms. The van der Waals surface area contributed by atoms with Crippen LogP contribution in [0.1, 0.15) is 26.3 Å². The summed E-state index contributed by atoms with van der Waals surface area (Å²) in [6.07, 6.45) is 0. The number of carbonyl (C=O) groups excluding carboxylic acids is 2. The molecule has 0 unspecified atom stereocenters. The summed E-state index contributed by atoms with van der Waals surface area (Å²) in [6, 6.07) is 15.9. The quantitative estimate of drug-likeness (QED) is 0.791. The van der Waals surface area contributed by atoms with Crippen molar-refractivity contribution in [3.63, 3.8) is 0 Å². The fourth-order valence-electron chi connectivity index (χ4n) is 3.16. The van der Waals surface area contributed by atoms with Crippen LogP contribution in [0, 0.1) is 0 Å². The molecule has 2 aromatic rings. The second kappa shape index (κ2) is 9.14. The van der Waals surface area contributed by atoms with Crippen LogP contribution in [0.15, 0.2) is 54.6 Å². The first kappa shape index (κ1) is 19.6. The molecule has 1 saturated heterocycles. The van der Waals surface area contributed by atoms with Crippen molar-refractivity contribution >= 4 is 17.8 Å². The Hall–Kier alpha value is -3.19. The van der Waals surface area contributed by atoms with Gasteiger partial charge in [-0.2, -0.15) is 0 Å². The summed E-state index contributed by atoms with van der Waals surface area (Å²) in [5.74, 6) is -1.69. The van der Waals surface area contributed by atoms with Gasteiger partial charge in [0.15, 0.2) is 0 Å². The number of hydrogen-bond donors (Lipinski definition) is 2. The molecule has 0 atom stereocenters. The first-order valence-corrected chi connectivity index (χ1v) is 9.18. The summed E-state index contributed by atoms with van der Waals surface area (Å²) in [7, 11) is 0. The van der Waals surface area contributed by atoms with Gasteiger partial charge in [-0.05, 0) is 23.8 Å². The molecule has 1 fully saturated rings. The molecule has 1 heterocycles. The van der Waals surface area contributed by atoms with E-state index in [4.69, 9.17) is 5.11 Å². The van der Waals surface area contributed by atoms with Crippen LogP contribution in [0.2, 0.25) is 0 Å². The fraction of sp³-hybridized carbons (Fsp3) is 0.286. The Balaban J connectivity index is 1.45. The second-order valence-corrected chi connectivity index (χ2v) is 6.71. The summed E-state index contributed by atoms with van der Waals surface area (Å²) in [5.41, 5.74) is 1.51. The number of rotatable bonds is 6. The summed E-state index contributed by atoms with van der Waals surface area (Å²) >= 11 is 0. The number of carboxylic acids is 1. The third kappa shape index (κ3) is 5.17. The van der Waals surface area contributed by atoms with Crippen LogP contribution in [-0.2, 0) is 11.3 Å². The number of aromatic carboxylic acids is 1. The normalized spacial score (nSPS) is 14.5. The average molecular weight is 381 g/mol. The summed E-state index contributed by atoms with van der Waals surface area (Å²) in [5, 5.41) is 11.6. The maximum absolute atomic E-state index is 12.4. The van der Waals surface area contributed by atoms with Gasteiger partial charge < -0.3 is 15.3 Å². The van der Waals surface area contributed by atoms with E-state index in [1.807, 2.05) is 18.2 Å². The second-order valence-electron chi connectivity index (χ2n) is 6.71. The predicted molar refractivity (Wildman–Crippen MR) is 104 cm³/mol. The Kier molecular flexibility index (Phi) is 6.39. The van der Waals surface area contributed by atoms with Crippen LogP contribution in [0.4, 0.5) is 0 Å². The van der Waals surface area contributed by atoms with Crippen LogP contribution in [0.5, 0.6) is 0 Å². The highest BCUT2D eigenvalue weighted by molar-refractivity contribution is 5.98. The zero-order chi connectivity index (χ0) is 19.9. The first-order valence-electron chi connectivity index (χ1n) is 9.18. The van der Waals surface area contributed by atoms with E-state index >= 15 is 0 Å². The largest absolute Gasteiger partial charge is 0.478 e. The number of carboxylic acid groups (broad SMARTS) is 1. The summed E-state index contributed by atoms with van der Waals surface area (Å²) in [6.45, 7) is 3.57. The lowest BCUT2D eigenvalue weighted by molar-refractivity contribution is -0.131. The van der Waals surface area contributed by atoms with Crippen LogP contribution >= 0.6 is 0 Å². The van der Waals surface area contributed by atoms with E-state index in [-0.39, 0.29) is 23.6 Å². The molecule has 3 rings (SSSR count). The molecule has 2 N–H and O–H groups in total. The van der Waals surface area contributed by atoms with Crippen molar-refractivity contribution < 1.29 is 19.5 Å². The van der Waals surface area contributed by atoms with E-state index in [2.05, 4.69) is 22.3 Å². The Labute approximate surface area is 163 Å². The number of nitrogens with one attached hydrogen (secondary N) is 1. The number of amides is 2. The van der Waals surface area contributed by atoms with Crippen LogP contribution in [-0.4, -0.2) is 65.4 Å². The van der Waals surface area contributed by atoms with Crippen molar-refractivity contribution in [1.29, 1.82) is 0 Å². The molecular formula is C21H23N3O4. The minimum atomic E-state index is -1.10. The fourth-order valence-corrected chi connectivity index (χ4v) is 3.16. The van der Waals surface area contributed by atoms with Gasteiger partial charge in [0.25, 0.3) is 5.91 Å². The lowest BCUT2D eigenvalue weighted by atomic mass is 10.1. The molecule has 0 aromatic heterocycles. The van der Waals surface area contributed by atoms with Gasteiger partial charge in [-0.3, -0.25) is 14.5 Å². The third-order valence-electron chi connectivity index (χ3n) is 4.75. The van der Waals surface area contributed by atoms with Gasteiger partial charge in [0.1, 0.15) is 0 Å². The Morgan fingerprint density at radius 2 is 1.57 bits per heavy atom. The molecule has 146 valence electrons. The number of piperazine rings is 1. The molecule has 1 aliphatic heterocycles. The molecule has 2 amide bonds. The lowest BCUT2D eigenvalue weighted by Gasteiger charge is -2.34. The molecule has 1 aliphatic rings. The van der Waals surface area contributed by atoms with Crippen molar-refractivity contribution in [3.8, 4) is 0 Å². The number of nitrogens with zero attached hydrogens (tertiary/aromatic N) is 2. The lowest BCUT2D eigenvalue weighted by Crippen LogP contribution is -2.50. The molecule has 0 aliphatic carbocycles. The highest BCUT2D eigenvalue weighted by Crippen LogP contribution is 2.09. The minimum Gasteiger partial charge on any atom is -0.478 e. The Morgan fingerprint density at radius 3 is 2.25 bits per heavy atom. The molecule has 0 spiro atoms. The molecule has 7 nitrogen and oxygen atoms in total. The van der Waals surface area contributed by atoms with Crippen molar-refractivity contribution in [3.05, 3.63) is 71.3 Å². The molecular weight excluding hydrogens is 358 g/mol. The van der Waals surface area contributed by atoms with E-state index in [0.717, 1.165) is 19.6 Å². The Bertz CT molecular complexity index is 846. The summed E-state index contributed by atoms with van der Waals surface area (Å²) < 4.78 is 0. The Morgan fingerprint density at radius 1 is 0.893 bits per heavy atom. The molecule has 28 heavy (non-hydrogen) atoms. The smallest absolute Gasteiger partial charge is 0.335 e. The van der Waals surface area contributed by atoms with Gasteiger partial charge in [0, 0.05) is 38.3 Å². The number of carbonyl (C=O) groups is 3. The van der Waals surface area contributed by atoms with E-state index < -0.39 is 11.9 Å². The van der Waals surface area contributed by atoms with Gasteiger partial charge in [-0.15, -0.1) is 0 Å². The zero-order valence-electron chi connectivity index (χ0n) is 15.5. The zero-order valence-corrected chi connectivity index (χ0v) is 15.5. The van der Waals surface area contributed by atoms with E-state index in [0.29, 0.717) is 13.1 Å². The first-order chi connectivity index (χ1) is 13.5. The van der Waals surface area contributed by atoms with Crippen LogP contribution in [0.25, 0.3) is 0 Å². The van der Waals surface area contributed by atoms with Crippen molar-refractivity contribution in [2.75, 3.05) is 32.7 Å². The van der Waals surface area contributed by atoms with Crippen molar-refractivity contribution in [2.45, 2.75) is 6.54 Å². The monoisotopic (exact) mass is 381 g/mol. The average Bonchev–Trinajstić information content (AvgIpc) is 2.73. The van der Waals surface area contributed by atoms with E-state index in [1.54, 1.807) is 4.90 Å². The van der Waals surface area contributed by atoms with Gasteiger partial charge in [0.2, 0.25) is 5.91 Å². The van der Waals surface area contributed by atoms with Gasteiger partial charge in [-0.1, -0.05) is 36.4 Å². The molecule has 0 saturated carbocycles. The van der Waals surface area contributed by atoms with Crippen molar-refractivity contribution in [2.24, 2.45) is 0 Å². The van der Waals surface area contributed by atoms with Crippen LogP contribution < -0.4 is 5.32 Å². The number of hydrogen-bond acceptors (Lipinski definition) is 4. The maximum Gasteiger partial charge on any atom is 0.335 e. The van der Waals surface area contributed by atoms with Gasteiger partial charge in [0.05, 0.1) is 12.1 Å². The predicted octanol–water partition coefficient (Wildman–Crippen LogP) is 1.46. The number of benzene rings is 2. The summed E-state index contributed by atoms with van der Waals surface area (Å²) in [4.78, 5) is 39.6. The molecule has 0 radical (unpaired) electrons. The topological polar surface area (TPSA) is 89.9 Å². The van der Waals surface area contributed by atoms with Gasteiger partial charge in [-0.25, -0.2) is 4.79 Å². The highest BCUT2D eigenvalue weighted by atomic mass is 16.4. The van der Waals surface area contributed by atoms with E-state index in [9.17, 15) is 14.4 Å². The molecule has 2 aromatic carbocycles. The van der Waals surface area contributed by atoms with Crippen molar-refractivity contribution in [1.82, 2.24) is 15.1 Å². The molecule has 0 bridgehead atoms. The van der Waals surface area contributed by atoms with Crippen LogP contribution in [0.3, 0.4) is 0 Å². The third-order valence-corrected chi connectivity index (χ3v) is 4.75. The SMILES string of the molecule is O=C(O)c1cccc(C(=O)NCC(=O)N2CCN(Cc3ccccc3)CC2)c1. The maximum atomic E-state index is 12.4. The standard InChI is InChI=1S/C21H23N3O4/c25-19(14-22-20(26)17-7-4-8-18(13-17)21(27)28)24-11-9-23(10-12-24)15-16-5-2-1-3-6-16/h1-8,13H,9-12,14-15H2,(H,22,26)(H,27,28). The van der Waals surface area contributed by atoms with Gasteiger partial charge >= 0.3 is 5.97 Å². The minimum absolute atomic E-state index is 0.0357.